The Morgan fingerprint density at radius 3 is 2.53 bits per heavy atom. The van der Waals surface area contributed by atoms with Gasteiger partial charge < -0.3 is 10.7 Å². The fourth-order valence-corrected chi connectivity index (χ4v) is 5.07. The molecule has 2 heterocycles. The Balaban J connectivity index is 0.000000186. The topological polar surface area (TPSA) is 88.8 Å². The lowest BCUT2D eigenvalue weighted by Gasteiger charge is -2.38. The van der Waals surface area contributed by atoms with Crippen LogP contribution in [0.25, 0.3) is 10.9 Å². The number of fused-ring (bicyclic) bond motifs is 1. The molecule has 176 valence electrons. The van der Waals surface area contributed by atoms with E-state index in [0.717, 1.165) is 25.7 Å². The summed E-state index contributed by atoms with van der Waals surface area (Å²) in [6.45, 7) is 0. The van der Waals surface area contributed by atoms with Gasteiger partial charge in [-0.2, -0.15) is 0 Å². The third-order valence-electron chi connectivity index (χ3n) is 6.67. The van der Waals surface area contributed by atoms with Crippen LogP contribution in [0, 0.1) is 17.8 Å². The zero-order chi connectivity index (χ0) is 23.3. The molecule has 4 rings (SSSR count). The van der Waals surface area contributed by atoms with Crippen LogP contribution in [0.2, 0.25) is 0 Å². The number of carbonyl (C=O) groups is 1. The second kappa shape index (κ2) is 10.4. The molecule has 2 aliphatic rings. The van der Waals surface area contributed by atoms with Gasteiger partial charge in [0.25, 0.3) is 5.91 Å². The molecule has 0 saturated heterocycles. The molecule has 0 spiro atoms. The molecule has 1 unspecified atom stereocenters. The standard InChI is InChI=1S/C14H22F4.C9H7N3O2/c15-13(16)9-10-2-1-3-12(8-10)11-4-6-14(17,18)7-5-11;10-9(14)8-7-5(1-3-12-8)11-4-2-6(7)13/h10-13H,1-9H2;1-4H,(H2,10,14)(H,11,13)/t10-,12?;/m0./s1. The summed E-state index contributed by atoms with van der Waals surface area (Å²) in [7, 11) is 0. The van der Waals surface area contributed by atoms with Gasteiger partial charge in [0.05, 0.1) is 10.9 Å². The molecule has 3 N–H and O–H groups in total. The average Bonchev–Trinajstić information content (AvgIpc) is 2.74. The minimum Gasteiger partial charge on any atom is -0.364 e. The lowest BCUT2D eigenvalue weighted by Crippen LogP contribution is -2.31. The van der Waals surface area contributed by atoms with Crippen LogP contribution in [0.5, 0.6) is 0 Å². The number of pyridine rings is 2. The molecule has 2 aromatic heterocycles. The molecule has 32 heavy (non-hydrogen) atoms. The van der Waals surface area contributed by atoms with Crippen molar-refractivity contribution in [1.82, 2.24) is 9.97 Å². The van der Waals surface area contributed by atoms with Gasteiger partial charge in [-0.15, -0.1) is 0 Å². The fourth-order valence-electron chi connectivity index (χ4n) is 5.07. The van der Waals surface area contributed by atoms with Gasteiger partial charge in [0.15, 0.2) is 5.43 Å². The van der Waals surface area contributed by atoms with E-state index in [1.807, 2.05) is 0 Å². The molecule has 0 aromatic carbocycles. The maximum absolute atomic E-state index is 13.1. The smallest absolute Gasteiger partial charge is 0.268 e. The van der Waals surface area contributed by atoms with Gasteiger partial charge in [0, 0.05) is 37.7 Å². The number of aromatic amines is 1. The largest absolute Gasteiger partial charge is 0.364 e. The van der Waals surface area contributed by atoms with Crippen molar-refractivity contribution < 1.29 is 22.4 Å². The fraction of sp³-hybridized carbons (Fsp3) is 0.609. The molecule has 2 aromatic rings. The molecule has 2 saturated carbocycles. The zero-order valence-electron chi connectivity index (χ0n) is 17.8. The first-order chi connectivity index (χ1) is 15.2. The molecular formula is C23H29F4N3O2. The number of nitrogens with one attached hydrogen (secondary N) is 1. The van der Waals surface area contributed by atoms with Crippen LogP contribution in [0.1, 0.15) is 68.3 Å². The molecule has 1 amide bonds. The quantitative estimate of drug-likeness (QED) is 0.614. The van der Waals surface area contributed by atoms with E-state index in [9.17, 15) is 27.2 Å². The van der Waals surface area contributed by atoms with E-state index in [0.29, 0.717) is 30.2 Å². The van der Waals surface area contributed by atoms with Crippen molar-refractivity contribution in [3.63, 3.8) is 0 Å². The number of alkyl halides is 4. The molecule has 2 fully saturated rings. The third kappa shape index (κ3) is 6.29. The number of amides is 1. The molecule has 0 bridgehead atoms. The Kier molecular flexibility index (Phi) is 7.90. The number of rotatable bonds is 4. The summed E-state index contributed by atoms with van der Waals surface area (Å²) in [4.78, 5) is 29.0. The Hall–Kier alpha value is -2.45. The highest BCUT2D eigenvalue weighted by atomic mass is 19.3. The van der Waals surface area contributed by atoms with E-state index in [2.05, 4.69) is 9.97 Å². The normalized spacial score (nSPS) is 23.5. The average molecular weight is 455 g/mol. The Bertz CT molecular complexity index is 964. The van der Waals surface area contributed by atoms with Crippen LogP contribution in [0.15, 0.2) is 29.3 Å². The van der Waals surface area contributed by atoms with Gasteiger partial charge in [-0.1, -0.05) is 19.3 Å². The van der Waals surface area contributed by atoms with Crippen molar-refractivity contribution in [3.05, 3.63) is 40.4 Å². The molecule has 2 atom stereocenters. The van der Waals surface area contributed by atoms with E-state index >= 15 is 0 Å². The van der Waals surface area contributed by atoms with Gasteiger partial charge in [0.1, 0.15) is 5.69 Å². The molecule has 0 radical (unpaired) electrons. The first kappa shape index (κ1) is 24.2. The highest BCUT2D eigenvalue weighted by Crippen LogP contribution is 2.45. The minimum atomic E-state index is -2.48. The highest BCUT2D eigenvalue weighted by Gasteiger charge is 2.39. The van der Waals surface area contributed by atoms with Gasteiger partial charge in [0.2, 0.25) is 12.3 Å². The summed E-state index contributed by atoms with van der Waals surface area (Å²) in [6, 6.07) is 2.94. The number of nitrogens with two attached hydrogens (primary N) is 1. The molecule has 5 nitrogen and oxygen atoms in total. The van der Waals surface area contributed by atoms with Crippen molar-refractivity contribution in [1.29, 1.82) is 0 Å². The maximum Gasteiger partial charge on any atom is 0.268 e. The molecule has 9 heteroatoms. The summed E-state index contributed by atoms with van der Waals surface area (Å²) in [6.07, 6.45) is 5.64. The molecule has 0 aliphatic heterocycles. The van der Waals surface area contributed by atoms with Crippen LogP contribution in [-0.4, -0.2) is 28.2 Å². The predicted molar refractivity (Wildman–Crippen MR) is 114 cm³/mol. The van der Waals surface area contributed by atoms with Crippen molar-refractivity contribution in [2.24, 2.45) is 23.5 Å². The number of carbonyl (C=O) groups excluding carboxylic acids is 1. The summed E-state index contributed by atoms with van der Waals surface area (Å²) < 4.78 is 51.0. The first-order valence-corrected chi connectivity index (χ1v) is 11.1. The second-order valence-electron chi connectivity index (χ2n) is 8.90. The van der Waals surface area contributed by atoms with Gasteiger partial charge in [-0.25, -0.2) is 17.6 Å². The van der Waals surface area contributed by atoms with Gasteiger partial charge in [-0.3, -0.25) is 14.6 Å². The number of hydrogen-bond donors (Lipinski definition) is 2. The summed E-state index contributed by atoms with van der Waals surface area (Å²) >= 11 is 0. The van der Waals surface area contributed by atoms with Crippen LogP contribution in [0.4, 0.5) is 17.6 Å². The van der Waals surface area contributed by atoms with E-state index in [1.54, 1.807) is 6.07 Å². The number of H-pyrrole nitrogens is 1. The van der Waals surface area contributed by atoms with Crippen molar-refractivity contribution in [3.8, 4) is 0 Å². The molecule has 2 aliphatic carbocycles. The van der Waals surface area contributed by atoms with Crippen LogP contribution >= 0.6 is 0 Å². The van der Waals surface area contributed by atoms with Gasteiger partial charge in [-0.05, 0) is 43.1 Å². The number of nitrogens with zero attached hydrogens (tertiary/aromatic N) is 1. The van der Waals surface area contributed by atoms with E-state index < -0.39 is 18.3 Å². The number of hydrogen-bond acceptors (Lipinski definition) is 3. The Morgan fingerprint density at radius 2 is 1.88 bits per heavy atom. The van der Waals surface area contributed by atoms with Crippen molar-refractivity contribution in [2.75, 3.05) is 0 Å². The van der Waals surface area contributed by atoms with Crippen LogP contribution < -0.4 is 11.2 Å². The maximum atomic E-state index is 13.1. The lowest BCUT2D eigenvalue weighted by atomic mass is 9.69. The summed E-state index contributed by atoms with van der Waals surface area (Å²) in [5.41, 5.74) is 5.39. The third-order valence-corrected chi connectivity index (χ3v) is 6.67. The van der Waals surface area contributed by atoms with Gasteiger partial charge >= 0.3 is 0 Å². The van der Waals surface area contributed by atoms with E-state index in [4.69, 9.17) is 5.73 Å². The summed E-state index contributed by atoms with van der Waals surface area (Å²) in [5.74, 6) is -2.30. The highest BCUT2D eigenvalue weighted by molar-refractivity contribution is 6.03. The zero-order valence-corrected chi connectivity index (χ0v) is 17.8. The summed E-state index contributed by atoms with van der Waals surface area (Å²) in [5, 5.41) is 0.238. The Labute approximate surface area is 183 Å². The predicted octanol–water partition coefficient (Wildman–Crippen LogP) is 5.30. The van der Waals surface area contributed by atoms with Crippen LogP contribution in [0.3, 0.4) is 0 Å². The van der Waals surface area contributed by atoms with E-state index in [-0.39, 0.29) is 41.7 Å². The first-order valence-electron chi connectivity index (χ1n) is 11.1. The van der Waals surface area contributed by atoms with Crippen molar-refractivity contribution >= 4 is 16.8 Å². The number of primary amides is 1. The number of halogens is 4. The molecular weight excluding hydrogens is 426 g/mol. The van der Waals surface area contributed by atoms with E-state index in [1.165, 1.54) is 18.5 Å². The second-order valence-corrected chi connectivity index (χ2v) is 8.90. The van der Waals surface area contributed by atoms with Crippen LogP contribution in [-0.2, 0) is 0 Å². The number of aromatic nitrogens is 2. The minimum absolute atomic E-state index is 0.000615. The monoisotopic (exact) mass is 455 g/mol. The Morgan fingerprint density at radius 1 is 1.16 bits per heavy atom. The lowest BCUT2D eigenvalue weighted by molar-refractivity contribution is -0.0561. The van der Waals surface area contributed by atoms with Crippen molar-refractivity contribution in [2.45, 2.75) is 70.1 Å². The SMILES string of the molecule is FC(F)C[C@H]1CCCC(C2CCC(F)(F)CC2)C1.NC(=O)c1nccc2[nH]ccc(=O)c12.